The van der Waals surface area contributed by atoms with Crippen LogP contribution in [0.5, 0.6) is 0 Å². The Balaban J connectivity index is 1.90. The molecule has 2 rings (SSSR count). The molecule has 0 spiro atoms. The van der Waals surface area contributed by atoms with E-state index in [-0.39, 0.29) is 0 Å². The van der Waals surface area contributed by atoms with Gasteiger partial charge in [0, 0.05) is 11.3 Å². The predicted molar refractivity (Wildman–Crippen MR) is 68.3 cm³/mol. The van der Waals surface area contributed by atoms with Crippen LogP contribution in [0.3, 0.4) is 0 Å². The third-order valence-electron chi connectivity index (χ3n) is 2.69. The van der Waals surface area contributed by atoms with Gasteiger partial charge in [-0.25, -0.2) is 9.97 Å². The van der Waals surface area contributed by atoms with Crippen LogP contribution in [0.2, 0.25) is 0 Å². The van der Waals surface area contributed by atoms with E-state index < -0.39 is 0 Å². The Morgan fingerprint density at radius 3 is 2.87 bits per heavy atom. The summed E-state index contributed by atoms with van der Waals surface area (Å²) in [4.78, 5) is 8.41. The number of aromatic nitrogens is 2. The monoisotopic (exact) mass is 287 g/mol. The molecule has 1 aliphatic carbocycles. The molecular weight excluding hydrogens is 274 g/mol. The normalized spacial score (nSPS) is 25.5. The zero-order valence-electron chi connectivity index (χ0n) is 8.61. The van der Waals surface area contributed by atoms with Gasteiger partial charge in [-0.05, 0) is 41.4 Å². The maximum absolute atomic E-state index is 4.27. The highest BCUT2D eigenvalue weighted by atomic mass is 79.9. The lowest BCUT2D eigenvalue weighted by Gasteiger charge is -2.12. The van der Waals surface area contributed by atoms with Gasteiger partial charge in [0.2, 0.25) is 0 Å². The van der Waals surface area contributed by atoms with Crippen molar-refractivity contribution in [2.24, 2.45) is 0 Å². The highest BCUT2D eigenvalue weighted by Gasteiger charge is 2.23. The fraction of sp³-hybridized carbons (Fsp3) is 0.600. The Kier molecular flexibility index (Phi) is 3.86. The van der Waals surface area contributed by atoms with Crippen molar-refractivity contribution in [1.82, 2.24) is 9.97 Å². The number of hydrogen-bond donors (Lipinski definition) is 1. The van der Waals surface area contributed by atoms with E-state index in [1.54, 1.807) is 12.4 Å². The first-order chi connectivity index (χ1) is 7.28. The summed E-state index contributed by atoms with van der Waals surface area (Å²) in [6, 6.07) is 0.568. The minimum Gasteiger partial charge on any atom is -0.366 e. The van der Waals surface area contributed by atoms with Crippen molar-refractivity contribution in [3.05, 3.63) is 17.0 Å². The second-order valence-corrected chi connectivity index (χ2v) is 5.69. The molecule has 1 aromatic rings. The molecule has 0 bridgehead atoms. The van der Waals surface area contributed by atoms with Gasteiger partial charge in [0.05, 0.1) is 12.4 Å². The molecule has 1 aliphatic rings. The Hall–Kier alpha value is -0.290. The van der Waals surface area contributed by atoms with E-state index in [9.17, 15) is 0 Å². The summed E-state index contributed by atoms with van der Waals surface area (Å²) >= 11 is 5.24. The van der Waals surface area contributed by atoms with Crippen LogP contribution in [0.1, 0.15) is 19.3 Å². The van der Waals surface area contributed by atoms with Crippen LogP contribution in [-0.4, -0.2) is 27.5 Å². The molecule has 0 amide bonds. The van der Waals surface area contributed by atoms with Crippen LogP contribution in [0.25, 0.3) is 0 Å². The lowest BCUT2D eigenvalue weighted by molar-refractivity contribution is 0.750. The van der Waals surface area contributed by atoms with E-state index in [1.807, 2.05) is 11.8 Å². The van der Waals surface area contributed by atoms with Gasteiger partial charge in [-0.1, -0.05) is 0 Å². The van der Waals surface area contributed by atoms with Gasteiger partial charge in [-0.2, -0.15) is 11.8 Å². The molecule has 0 radical (unpaired) electrons. The first-order valence-electron chi connectivity index (χ1n) is 5.05. The van der Waals surface area contributed by atoms with Gasteiger partial charge in [0.25, 0.3) is 0 Å². The largest absolute Gasteiger partial charge is 0.366 e. The smallest absolute Gasteiger partial charge is 0.144 e. The van der Waals surface area contributed by atoms with Gasteiger partial charge >= 0.3 is 0 Å². The Bertz CT molecular complexity index is 317. The summed E-state index contributed by atoms with van der Waals surface area (Å²) in [6.45, 7) is 0. The zero-order chi connectivity index (χ0) is 10.7. The van der Waals surface area contributed by atoms with Crippen LogP contribution in [0.4, 0.5) is 5.82 Å². The maximum atomic E-state index is 4.27. The van der Waals surface area contributed by atoms with E-state index in [1.165, 1.54) is 19.3 Å². The molecule has 15 heavy (non-hydrogen) atoms. The summed E-state index contributed by atoms with van der Waals surface area (Å²) in [6.07, 6.45) is 9.47. The second-order valence-electron chi connectivity index (χ2n) is 3.74. The lowest BCUT2D eigenvalue weighted by atomic mass is 10.2. The van der Waals surface area contributed by atoms with Crippen molar-refractivity contribution in [2.45, 2.75) is 30.6 Å². The molecule has 3 nitrogen and oxygen atoms in total. The number of thioether (sulfide) groups is 1. The van der Waals surface area contributed by atoms with Crippen LogP contribution >= 0.6 is 27.7 Å². The fourth-order valence-corrected chi connectivity index (χ4v) is 2.88. The molecule has 1 aromatic heterocycles. The third kappa shape index (κ3) is 3.08. The molecule has 1 saturated carbocycles. The van der Waals surface area contributed by atoms with Gasteiger partial charge in [-0.15, -0.1) is 0 Å². The van der Waals surface area contributed by atoms with Gasteiger partial charge < -0.3 is 5.32 Å². The zero-order valence-corrected chi connectivity index (χ0v) is 11.0. The lowest BCUT2D eigenvalue weighted by Crippen LogP contribution is -2.16. The SMILES string of the molecule is CSC1CCC(Nc2cnc(Br)cn2)C1. The molecule has 2 atom stereocenters. The maximum Gasteiger partial charge on any atom is 0.144 e. The summed E-state index contributed by atoms with van der Waals surface area (Å²) in [5, 5.41) is 4.24. The number of nitrogens with one attached hydrogen (secondary N) is 1. The predicted octanol–water partition coefficient (Wildman–Crippen LogP) is 2.94. The minimum absolute atomic E-state index is 0.568. The average Bonchev–Trinajstić information content (AvgIpc) is 2.69. The van der Waals surface area contributed by atoms with Crippen molar-refractivity contribution < 1.29 is 0 Å². The van der Waals surface area contributed by atoms with E-state index in [0.717, 1.165) is 15.7 Å². The highest BCUT2D eigenvalue weighted by molar-refractivity contribution is 9.10. The quantitative estimate of drug-likeness (QED) is 0.928. The molecule has 0 aromatic carbocycles. The van der Waals surface area contributed by atoms with Crippen molar-refractivity contribution in [3.8, 4) is 0 Å². The Morgan fingerprint density at radius 2 is 2.27 bits per heavy atom. The summed E-state index contributed by atoms with van der Waals surface area (Å²) < 4.78 is 0.779. The van der Waals surface area contributed by atoms with Crippen molar-refractivity contribution in [3.63, 3.8) is 0 Å². The second kappa shape index (κ2) is 5.16. The number of hydrogen-bond acceptors (Lipinski definition) is 4. The molecule has 2 unspecified atom stereocenters. The minimum atomic E-state index is 0.568. The van der Waals surface area contributed by atoms with Crippen molar-refractivity contribution in [2.75, 3.05) is 11.6 Å². The molecular formula is C10H14BrN3S. The topological polar surface area (TPSA) is 37.8 Å². The van der Waals surface area contributed by atoms with Crippen LogP contribution in [0.15, 0.2) is 17.0 Å². The molecule has 82 valence electrons. The van der Waals surface area contributed by atoms with Crippen LogP contribution in [-0.2, 0) is 0 Å². The fourth-order valence-electron chi connectivity index (χ4n) is 1.88. The number of halogens is 1. The molecule has 5 heteroatoms. The number of anilines is 1. The highest BCUT2D eigenvalue weighted by Crippen LogP contribution is 2.29. The molecule has 0 saturated heterocycles. The van der Waals surface area contributed by atoms with Crippen molar-refractivity contribution >= 4 is 33.5 Å². The van der Waals surface area contributed by atoms with Gasteiger partial charge in [0.15, 0.2) is 0 Å². The van der Waals surface area contributed by atoms with Crippen LogP contribution < -0.4 is 5.32 Å². The van der Waals surface area contributed by atoms with Crippen molar-refractivity contribution in [1.29, 1.82) is 0 Å². The van der Waals surface area contributed by atoms with Gasteiger partial charge in [0.1, 0.15) is 10.4 Å². The first-order valence-corrected chi connectivity index (χ1v) is 7.13. The molecule has 1 N–H and O–H groups in total. The van der Waals surface area contributed by atoms with Gasteiger partial charge in [-0.3, -0.25) is 0 Å². The average molecular weight is 288 g/mol. The molecule has 1 heterocycles. The summed E-state index contributed by atoms with van der Waals surface area (Å²) in [5.41, 5.74) is 0. The Labute approximate surface area is 103 Å². The van der Waals surface area contributed by atoms with E-state index >= 15 is 0 Å². The molecule has 1 fully saturated rings. The standard InChI is InChI=1S/C10H14BrN3S/c1-15-8-3-2-7(4-8)14-10-6-12-9(11)5-13-10/h5-8H,2-4H2,1H3,(H,13,14). The van der Waals surface area contributed by atoms with E-state index in [0.29, 0.717) is 6.04 Å². The first kappa shape index (κ1) is 11.2. The Morgan fingerprint density at radius 1 is 1.40 bits per heavy atom. The van der Waals surface area contributed by atoms with E-state index in [2.05, 4.69) is 37.5 Å². The number of nitrogens with zero attached hydrogens (tertiary/aromatic N) is 2. The summed E-state index contributed by atoms with van der Waals surface area (Å²) in [5.74, 6) is 0.880. The molecule has 0 aliphatic heterocycles. The van der Waals surface area contributed by atoms with Crippen LogP contribution in [0, 0.1) is 0 Å². The third-order valence-corrected chi connectivity index (χ3v) is 4.19. The number of rotatable bonds is 3. The van der Waals surface area contributed by atoms with E-state index in [4.69, 9.17) is 0 Å². The summed E-state index contributed by atoms with van der Waals surface area (Å²) in [7, 11) is 0.